The van der Waals surface area contributed by atoms with Crippen LogP contribution in [-0.4, -0.2) is 52.7 Å². The van der Waals surface area contributed by atoms with E-state index in [4.69, 9.17) is 14.9 Å². The van der Waals surface area contributed by atoms with Crippen LogP contribution in [0.15, 0.2) is 28.7 Å². The van der Waals surface area contributed by atoms with Crippen LogP contribution in [0.2, 0.25) is 0 Å². The van der Waals surface area contributed by atoms with E-state index >= 15 is 0 Å². The van der Waals surface area contributed by atoms with Crippen LogP contribution in [0.3, 0.4) is 0 Å². The van der Waals surface area contributed by atoms with Gasteiger partial charge in [-0.25, -0.2) is 0 Å². The van der Waals surface area contributed by atoms with E-state index in [1.54, 1.807) is 24.3 Å². The molecule has 0 saturated carbocycles. The summed E-state index contributed by atoms with van der Waals surface area (Å²) in [6.07, 6.45) is 0. The van der Waals surface area contributed by atoms with Gasteiger partial charge in [0.15, 0.2) is 6.61 Å². The molecule has 0 spiro atoms. The maximum absolute atomic E-state index is 11.7. The average molecular weight is 346 g/mol. The normalized spacial score (nSPS) is 9.85. The Balaban J connectivity index is 2.58. The van der Waals surface area contributed by atoms with Gasteiger partial charge in [0.05, 0.1) is 0 Å². The third-order valence-corrected chi connectivity index (χ3v) is 2.71. The molecule has 20 heavy (non-hydrogen) atoms. The van der Waals surface area contributed by atoms with Crippen molar-refractivity contribution in [3.05, 3.63) is 28.7 Å². The topological polar surface area (TPSA) is 104 Å². The molecule has 0 saturated heterocycles. The van der Waals surface area contributed by atoms with Crippen molar-refractivity contribution in [1.82, 2.24) is 4.90 Å². The Labute approximate surface area is 122 Å². The van der Waals surface area contributed by atoms with Crippen LogP contribution < -0.4 is 4.74 Å². The van der Waals surface area contributed by atoms with Crippen LogP contribution in [0.1, 0.15) is 0 Å². The first-order valence-electron chi connectivity index (χ1n) is 5.48. The molecule has 0 atom stereocenters. The van der Waals surface area contributed by atoms with Crippen molar-refractivity contribution in [2.24, 2.45) is 0 Å². The Morgan fingerprint density at radius 1 is 1.05 bits per heavy atom. The smallest absolute Gasteiger partial charge is 0.323 e. The summed E-state index contributed by atoms with van der Waals surface area (Å²) >= 11 is 3.24. The molecular weight excluding hydrogens is 334 g/mol. The molecule has 1 aromatic rings. The van der Waals surface area contributed by atoms with Crippen molar-refractivity contribution in [2.75, 3.05) is 19.7 Å². The number of amides is 1. The summed E-state index contributed by atoms with van der Waals surface area (Å²) in [5.41, 5.74) is 0. The fraction of sp³-hybridized carbons (Fsp3) is 0.250. The first kappa shape index (κ1) is 16.0. The number of hydrogen-bond acceptors (Lipinski definition) is 4. The van der Waals surface area contributed by atoms with Crippen molar-refractivity contribution in [1.29, 1.82) is 0 Å². The highest BCUT2D eigenvalue weighted by molar-refractivity contribution is 9.10. The van der Waals surface area contributed by atoms with Gasteiger partial charge in [-0.1, -0.05) is 15.9 Å². The summed E-state index contributed by atoms with van der Waals surface area (Å²) in [5, 5.41) is 17.3. The first-order valence-corrected chi connectivity index (χ1v) is 6.27. The maximum atomic E-state index is 11.7. The quantitative estimate of drug-likeness (QED) is 0.758. The molecule has 0 fully saturated rings. The van der Waals surface area contributed by atoms with Crippen molar-refractivity contribution < 1.29 is 29.3 Å². The minimum Gasteiger partial charge on any atom is -0.484 e. The molecule has 1 aromatic carbocycles. The lowest BCUT2D eigenvalue weighted by Gasteiger charge is -2.18. The third-order valence-electron chi connectivity index (χ3n) is 2.18. The molecule has 1 rings (SSSR count). The monoisotopic (exact) mass is 345 g/mol. The van der Waals surface area contributed by atoms with Gasteiger partial charge in [0.2, 0.25) is 0 Å². The van der Waals surface area contributed by atoms with Gasteiger partial charge in [0, 0.05) is 4.47 Å². The van der Waals surface area contributed by atoms with Gasteiger partial charge in [0.25, 0.3) is 5.91 Å². The Morgan fingerprint density at radius 3 is 2.00 bits per heavy atom. The first-order chi connectivity index (χ1) is 9.38. The molecular formula is C12H12BrNO6. The van der Waals surface area contributed by atoms with Gasteiger partial charge >= 0.3 is 11.9 Å². The molecule has 0 aliphatic carbocycles. The van der Waals surface area contributed by atoms with Gasteiger partial charge in [-0.05, 0) is 24.3 Å². The molecule has 0 aromatic heterocycles. The summed E-state index contributed by atoms with van der Waals surface area (Å²) in [4.78, 5) is 33.6. The number of halogens is 1. The fourth-order valence-corrected chi connectivity index (χ4v) is 1.59. The maximum Gasteiger partial charge on any atom is 0.323 e. The second-order valence-electron chi connectivity index (χ2n) is 3.78. The highest BCUT2D eigenvalue weighted by atomic mass is 79.9. The summed E-state index contributed by atoms with van der Waals surface area (Å²) in [6.45, 7) is -1.80. The van der Waals surface area contributed by atoms with Crippen LogP contribution in [0.25, 0.3) is 0 Å². The van der Waals surface area contributed by atoms with E-state index in [2.05, 4.69) is 15.9 Å². The molecule has 108 valence electrons. The Bertz CT molecular complexity index is 485. The average Bonchev–Trinajstić information content (AvgIpc) is 2.36. The lowest BCUT2D eigenvalue weighted by atomic mass is 10.3. The molecule has 2 N–H and O–H groups in total. The molecule has 0 radical (unpaired) electrons. The number of rotatable bonds is 7. The number of nitrogens with zero attached hydrogens (tertiary/aromatic N) is 1. The van der Waals surface area contributed by atoms with Crippen molar-refractivity contribution in [2.45, 2.75) is 0 Å². The van der Waals surface area contributed by atoms with Crippen LogP contribution in [0.5, 0.6) is 5.75 Å². The van der Waals surface area contributed by atoms with Gasteiger partial charge < -0.3 is 19.8 Å². The van der Waals surface area contributed by atoms with Gasteiger partial charge in [-0.3, -0.25) is 14.4 Å². The van der Waals surface area contributed by atoms with Crippen LogP contribution in [0.4, 0.5) is 0 Å². The predicted molar refractivity (Wildman–Crippen MR) is 71.5 cm³/mol. The number of ether oxygens (including phenoxy) is 1. The molecule has 0 aliphatic heterocycles. The SMILES string of the molecule is O=C(O)CN(CC(=O)O)C(=O)COc1ccc(Br)cc1. The number of carboxylic acid groups (broad SMARTS) is 2. The number of hydrogen-bond donors (Lipinski definition) is 2. The van der Waals surface area contributed by atoms with Gasteiger partial charge in [-0.2, -0.15) is 0 Å². The van der Waals surface area contributed by atoms with Crippen molar-refractivity contribution in [3.63, 3.8) is 0 Å². The van der Waals surface area contributed by atoms with E-state index in [9.17, 15) is 14.4 Å². The van der Waals surface area contributed by atoms with Gasteiger partial charge in [-0.15, -0.1) is 0 Å². The summed E-state index contributed by atoms with van der Waals surface area (Å²) in [6, 6.07) is 6.67. The van der Waals surface area contributed by atoms with Crippen LogP contribution >= 0.6 is 15.9 Å². The van der Waals surface area contributed by atoms with E-state index in [1.165, 1.54) is 0 Å². The Kier molecular flexibility index (Phi) is 5.98. The van der Waals surface area contributed by atoms with E-state index < -0.39 is 37.5 Å². The fourth-order valence-electron chi connectivity index (χ4n) is 1.33. The van der Waals surface area contributed by atoms with Crippen molar-refractivity contribution in [3.8, 4) is 5.75 Å². The number of carboxylic acids is 2. The molecule has 7 nitrogen and oxygen atoms in total. The number of carbonyl (C=O) groups is 3. The van der Waals surface area contributed by atoms with Crippen LogP contribution in [-0.2, 0) is 14.4 Å². The molecule has 0 heterocycles. The molecule has 0 bridgehead atoms. The summed E-state index contributed by atoms with van der Waals surface area (Å²) in [7, 11) is 0. The standard InChI is InChI=1S/C12H12BrNO6/c13-8-1-3-9(4-2-8)20-7-10(15)14(5-11(16)17)6-12(18)19/h1-4H,5-7H2,(H,16,17)(H,18,19). The second-order valence-corrected chi connectivity index (χ2v) is 4.70. The van der Waals surface area contributed by atoms with Gasteiger partial charge in [0.1, 0.15) is 18.8 Å². The zero-order valence-electron chi connectivity index (χ0n) is 10.3. The zero-order valence-corrected chi connectivity index (χ0v) is 11.9. The number of benzene rings is 1. The van der Waals surface area contributed by atoms with Crippen LogP contribution in [0, 0.1) is 0 Å². The minimum absolute atomic E-state index is 0.423. The molecule has 8 heteroatoms. The third kappa shape index (κ3) is 5.70. The summed E-state index contributed by atoms with van der Waals surface area (Å²) in [5.74, 6) is -2.86. The highest BCUT2D eigenvalue weighted by Gasteiger charge is 2.19. The number of aliphatic carboxylic acids is 2. The Morgan fingerprint density at radius 2 is 1.55 bits per heavy atom. The largest absolute Gasteiger partial charge is 0.484 e. The number of carbonyl (C=O) groups excluding carboxylic acids is 1. The Hall–Kier alpha value is -2.09. The summed E-state index contributed by atoms with van der Waals surface area (Å²) < 4.78 is 6.01. The lowest BCUT2D eigenvalue weighted by molar-refractivity contribution is -0.150. The highest BCUT2D eigenvalue weighted by Crippen LogP contribution is 2.16. The van der Waals surface area contributed by atoms with E-state index in [0.29, 0.717) is 10.6 Å². The molecule has 1 amide bonds. The lowest BCUT2D eigenvalue weighted by Crippen LogP contribution is -2.41. The zero-order chi connectivity index (χ0) is 15.1. The van der Waals surface area contributed by atoms with E-state index in [0.717, 1.165) is 4.47 Å². The van der Waals surface area contributed by atoms with E-state index in [1.807, 2.05) is 0 Å². The van der Waals surface area contributed by atoms with Crippen molar-refractivity contribution >= 4 is 33.8 Å². The minimum atomic E-state index is -1.29. The molecule has 0 unspecified atom stereocenters. The molecule has 0 aliphatic rings. The predicted octanol–water partition coefficient (Wildman–Crippen LogP) is 0.826. The second kappa shape index (κ2) is 7.49. The van der Waals surface area contributed by atoms with E-state index in [-0.39, 0.29) is 0 Å².